The lowest BCUT2D eigenvalue weighted by atomic mass is 10.1. The molecular formula is C20H24F2N10O9P2S2. The Morgan fingerprint density at radius 1 is 1.18 bits per heavy atom. The van der Waals surface area contributed by atoms with Crippen molar-refractivity contribution in [2.45, 2.75) is 42.6 Å². The third-order valence-corrected chi connectivity index (χ3v) is 9.51. The van der Waals surface area contributed by atoms with E-state index in [0.29, 0.717) is 0 Å². The number of nitrogens with one attached hydrogen (secondary N) is 1. The molecule has 0 bridgehead atoms. The van der Waals surface area contributed by atoms with Crippen LogP contribution < -0.4 is 17.0 Å². The van der Waals surface area contributed by atoms with Crippen molar-refractivity contribution in [3.05, 3.63) is 29.3 Å². The topological polar surface area (TPSA) is 260 Å². The first-order valence-electron chi connectivity index (χ1n) is 12.7. The van der Waals surface area contributed by atoms with Gasteiger partial charge in [-0.2, -0.15) is 4.98 Å². The molecule has 4 aromatic rings. The smallest absolute Gasteiger partial charge is 0.387 e. The number of thiol groups is 2. The van der Waals surface area contributed by atoms with Crippen molar-refractivity contribution in [1.29, 1.82) is 0 Å². The van der Waals surface area contributed by atoms with E-state index in [9.17, 15) is 19.0 Å². The molecule has 2 fully saturated rings. The molecular weight excluding hydrogens is 688 g/mol. The van der Waals surface area contributed by atoms with Crippen LogP contribution in [0, 0.1) is 0 Å². The normalized spacial score (nSPS) is 30.7. The van der Waals surface area contributed by atoms with E-state index in [1.165, 1.54) is 10.9 Å². The number of H-pyrrole nitrogens is 1. The Bertz CT molecular complexity index is 1890. The van der Waals surface area contributed by atoms with Gasteiger partial charge in [-0.1, -0.05) is 24.5 Å². The number of hydrogen-bond acceptors (Lipinski definition) is 16. The van der Waals surface area contributed by atoms with Gasteiger partial charge in [-0.25, -0.2) is 33.3 Å². The van der Waals surface area contributed by atoms with Gasteiger partial charge in [0.25, 0.3) is 5.56 Å². The number of rotatable bonds is 10. The summed E-state index contributed by atoms with van der Waals surface area (Å²) in [5.74, 6) is -0.307. The van der Waals surface area contributed by atoms with Gasteiger partial charge in [-0.15, -0.1) is 0 Å². The summed E-state index contributed by atoms with van der Waals surface area (Å²) in [5.41, 5.74) is 8.06. The molecule has 244 valence electrons. The summed E-state index contributed by atoms with van der Waals surface area (Å²) >= 11 is 7.64. The van der Waals surface area contributed by atoms with Gasteiger partial charge in [-0.05, 0) is 0 Å². The quantitative estimate of drug-likeness (QED) is 0.0967. The van der Waals surface area contributed by atoms with Gasteiger partial charge in [0.2, 0.25) is 18.9 Å². The molecule has 6 N–H and O–H groups in total. The van der Waals surface area contributed by atoms with E-state index in [1.54, 1.807) is 0 Å². The molecule has 3 unspecified atom stereocenters. The standard InChI is InChI=1S/C20H24F2N10O9P2S2/c21-9-12(33)7(40-18(9)31-5-27-10-14(23)25-4-26-15(10)31)2-39-43(36,45)41-20(3-37-8(13(20)22)1-38-42(35)44)32-6-28-11-16(32)29-19(24)30-17(11)34/h4-9,12-13,18,33,42H,1-3H2,(H,35,44)(H,36,45)(H2,23,25,26)(H3,24,29,30,34)/t7-,8-,9+,12-,13-,18-,20?,43?/m1/s1. The highest BCUT2D eigenvalue weighted by atomic mass is 32.7. The summed E-state index contributed by atoms with van der Waals surface area (Å²) in [6.07, 6.45) is -7.04. The zero-order valence-electron chi connectivity index (χ0n) is 22.4. The van der Waals surface area contributed by atoms with E-state index in [0.717, 1.165) is 17.2 Å². The van der Waals surface area contributed by atoms with Crippen molar-refractivity contribution >= 4 is 72.6 Å². The molecule has 19 nitrogen and oxygen atoms in total. The number of aliphatic hydroxyl groups is 1. The molecule has 2 saturated heterocycles. The molecule has 6 rings (SSSR count). The molecule has 0 aliphatic carbocycles. The molecule has 6 heterocycles. The van der Waals surface area contributed by atoms with E-state index < -0.39 is 82.0 Å². The highest BCUT2D eigenvalue weighted by Gasteiger charge is 2.58. The SMILES string of the molecule is Nc1nc2c(ncn2C2(OP(=O)(S)OC[C@H]3O[C@@H](n4cnc5c(N)ncnc54)[C@@H](F)[C@@H]3O)CO[C@H](CO[PH](=O)S)[C@H]2F)c(=O)[nH]1. The van der Waals surface area contributed by atoms with E-state index in [1.807, 2.05) is 0 Å². The van der Waals surface area contributed by atoms with Gasteiger partial charge in [-0.3, -0.25) is 32.5 Å². The first-order valence-corrected chi connectivity index (χ1v) is 18.0. The first-order chi connectivity index (χ1) is 21.3. The number of ether oxygens (including phenoxy) is 2. The number of aromatic nitrogens is 8. The van der Waals surface area contributed by atoms with Gasteiger partial charge >= 0.3 is 6.80 Å². The van der Waals surface area contributed by atoms with Crippen molar-refractivity contribution in [3.63, 3.8) is 0 Å². The van der Waals surface area contributed by atoms with E-state index in [2.05, 4.69) is 54.4 Å². The number of aromatic amines is 1. The number of fused-ring (bicyclic) bond motifs is 2. The molecule has 0 amide bonds. The summed E-state index contributed by atoms with van der Waals surface area (Å²) in [6, 6.07) is 0. The summed E-state index contributed by atoms with van der Waals surface area (Å²) in [5, 5.41) is 10.6. The Balaban J connectivity index is 1.25. The Morgan fingerprint density at radius 2 is 1.93 bits per heavy atom. The number of nitrogen functional groups attached to an aromatic ring is 2. The minimum Gasteiger partial charge on any atom is -0.387 e. The van der Waals surface area contributed by atoms with Crippen LogP contribution in [0.2, 0.25) is 0 Å². The van der Waals surface area contributed by atoms with Crippen LogP contribution in [-0.4, -0.2) is 94.6 Å². The molecule has 9 atom stereocenters. The summed E-state index contributed by atoms with van der Waals surface area (Å²) < 4.78 is 85.7. The number of aliphatic hydroxyl groups excluding tert-OH is 1. The van der Waals surface area contributed by atoms with Gasteiger partial charge in [0, 0.05) is 0 Å². The van der Waals surface area contributed by atoms with E-state index >= 15 is 8.78 Å². The molecule has 0 saturated carbocycles. The number of halogens is 2. The number of alkyl halides is 2. The monoisotopic (exact) mass is 712 g/mol. The summed E-state index contributed by atoms with van der Waals surface area (Å²) in [4.78, 5) is 34.5. The minimum atomic E-state index is -4.68. The summed E-state index contributed by atoms with van der Waals surface area (Å²) in [7, 11) is -2.80. The highest BCUT2D eigenvalue weighted by molar-refractivity contribution is 8.44. The number of imidazole rings is 2. The third kappa shape index (κ3) is 5.86. The minimum absolute atomic E-state index is 0.0405. The molecule has 0 aromatic carbocycles. The van der Waals surface area contributed by atoms with E-state index in [4.69, 9.17) is 34.5 Å². The number of hydrogen-bond donors (Lipinski definition) is 6. The van der Waals surface area contributed by atoms with Crippen LogP contribution in [0.15, 0.2) is 23.8 Å². The molecule has 2 aliphatic heterocycles. The van der Waals surface area contributed by atoms with Gasteiger partial charge < -0.3 is 30.6 Å². The molecule has 25 heteroatoms. The fourth-order valence-corrected chi connectivity index (χ4v) is 7.19. The first kappa shape index (κ1) is 32.2. The Labute approximate surface area is 260 Å². The second kappa shape index (κ2) is 12.1. The van der Waals surface area contributed by atoms with Crippen molar-refractivity contribution in [2.24, 2.45) is 0 Å². The van der Waals surface area contributed by atoms with Gasteiger partial charge in [0.15, 0.2) is 41.2 Å². The fraction of sp³-hybridized carbons (Fsp3) is 0.500. The Morgan fingerprint density at radius 3 is 2.69 bits per heavy atom. The zero-order valence-corrected chi connectivity index (χ0v) is 26.1. The second-order valence-corrected chi connectivity index (χ2v) is 14.6. The lowest BCUT2D eigenvalue weighted by Gasteiger charge is -2.33. The maximum absolute atomic E-state index is 16.2. The lowest BCUT2D eigenvalue weighted by Crippen LogP contribution is -2.46. The van der Waals surface area contributed by atoms with Crippen LogP contribution in [0.5, 0.6) is 0 Å². The average molecular weight is 713 g/mol. The van der Waals surface area contributed by atoms with Crippen molar-refractivity contribution in [3.8, 4) is 0 Å². The highest BCUT2D eigenvalue weighted by Crippen LogP contribution is 2.60. The number of anilines is 2. The second-order valence-electron chi connectivity index (χ2n) is 9.85. The predicted molar refractivity (Wildman–Crippen MR) is 157 cm³/mol. The largest absolute Gasteiger partial charge is 0.388 e. The fourth-order valence-electron chi connectivity index (χ4n) is 5.01. The third-order valence-electron chi connectivity index (χ3n) is 7.10. The van der Waals surface area contributed by atoms with Crippen LogP contribution >= 0.6 is 38.5 Å². The number of nitrogens with zero attached hydrogens (tertiary/aromatic N) is 7. The van der Waals surface area contributed by atoms with Gasteiger partial charge in [0.05, 0.1) is 32.5 Å². The molecule has 0 radical (unpaired) electrons. The van der Waals surface area contributed by atoms with Crippen molar-refractivity contribution in [1.82, 2.24) is 39.0 Å². The van der Waals surface area contributed by atoms with Crippen molar-refractivity contribution in [2.75, 3.05) is 31.3 Å². The molecule has 2 aliphatic rings. The average Bonchev–Trinajstić information content (AvgIpc) is 3.73. The molecule has 4 aromatic heterocycles. The maximum Gasteiger partial charge on any atom is 0.388 e. The van der Waals surface area contributed by atoms with Crippen LogP contribution in [0.25, 0.3) is 22.3 Å². The van der Waals surface area contributed by atoms with Crippen LogP contribution in [0.4, 0.5) is 20.5 Å². The van der Waals surface area contributed by atoms with Crippen LogP contribution in [0.1, 0.15) is 6.23 Å². The maximum atomic E-state index is 16.2. The molecule has 45 heavy (non-hydrogen) atoms. The Hall–Kier alpha value is -2.72. The van der Waals surface area contributed by atoms with E-state index in [-0.39, 0.29) is 34.1 Å². The summed E-state index contributed by atoms with van der Waals surface area (Å²) in [6.45, 7) is -6.65. The zero-order chi connectivity index (χ0) is 32.3. The lowest BCUT2D eigenvalue weighted by molar-refractivity contribution is -0.0719. The Kier molecular flexibility index (Phi) is 8.69. The van der Waals surface area contributed by atoms with Crippen LogP contribution in [-0.2, 0) is 37.9 Å². The van der Waals surface area contributed by atoms with Crippen LogP contribution in [0.3, 0.4) is 0 Å². The number of nitrogens with two attached hydrogens (primary N) is 2. The molecule has 0 spiro atoms. The predicted octanol–water partition coefficient (Wildman–Crippen LogP) is 0.517. The van der Waals surface area contributed by atoms with Crippen molar-refractivity contribution < 1.29 is 46.1 Å². The van der Waals surface area contributed by atoms with Gasteiger partial charge in [0.1, 0.15) is 30.2 Å².